The quantitative estimate of drug-likeness (QED) is 0.868. The third-order valence-corrected chi connectivity index (χ3v) is 3.90. The number of benzene rings is 2. The van der Waals surface area contributed by atoms with Crippen LogP contribution in [-0.2, 0) is 12.8 Å². The molecule has 0 heterocycles. The zero-order chi connectivity index (χ0) is 14.4. The first-order valence-electron chi connectivity index (χ1n) is 6.80. The van der Waals surface area contributed by atoms with E-state index in [1.54, 1.807) is 7.11 Å². The van der Waals surface area contributed by atoms with E-state index in [1.807, 2.05) is 12.1 Å². The number of hydrogen-bond donors (Lipinski definition) is 1. The molecule has 2 N–H and O–H groups in total. The highest BCUT2D eigenvalue weighted by molar-refractivity contribution is 9.10. The summed E-state index contributed by atoms with van der Waals surface area (Å²) in [6, 6.07) is 16.8. The second kappa shape index (κ2) is 7.46. The van der Waals surface area contributed by atoms with Gasteiger partial charge in [0.2, 0.25) is 0 Å². The fraction of sp³-hybridized carbons (Fsp3) is 0.294. The summed E-state index contributed by atoms with van der Waals surface area (Å²) >= 11 is 3.44. The maximum atomic E-state index is 6.21. The van der Waals surface area contributed by atoms with Crippen molar-refractivity contribution in [3.05, 3.63) is 64.1 Å². The Morgan fingerprint density at radius 2 is 1.60 bits per heavy atom. The number of nitrogens with two attached hydrogens (primary N) is 1. The largest absolute Gasteiger partial charge is 0.497 e. The highest BCUT2D eigenvalue weighted by atomic mass is 79.9. The molecule has 0 fully saturated rings. The van der Waals surface area contributed by atoms with Crippen molar-refractivity contribution in [3.63, 3.8) is 0 Å². The summed E-state index contributed by atoms with van der Waals surface area (Å²) in [5.41, 5.74) is 8.80. The van der Waals surface area contributed by atoms with Crippen molar-refractivity contribution in [2.75, 3.05) is 7.11 Å². The van der Waals surface area contributed by atoms with Gasteiger partial charge in [-0.2, -0.15) is 0 Å². The first-order valence-corrected chi connectivity index (χ1v) is 7.59. The van der Waals surface area contributed by atoms with Crippen LogP contribution in [0.25, 0.3) is 0 Å². The Hall–Kier alpha value is -1.32. The van der Waals surface area contributed by atoms with Gasteiger partial charge in [0.15, 0.2) is 0 Å². The van der Waals surface area contributed by atoms with Crippen molar-refractivity contribution in [1.82, 2.24) is 0 Å². The molecule has 0 spiro atoms. The zero-order valence-electron chi connectivity index (χ0n) is 11.7. The number of rotatable bonds is 6. The van der Waals surface area contributed by atoms with E-state index in [1.165, 1.54) is 11.1 Å². The number of hydrogen-bond acceptors (Lipinski definition) is 2. The van der Waals surface area contributed by atoms with Crippen LogP contribution in [0, 0.1) is 0 Å². The fourth-order valence-corrected chi connectivity index (χ4v) is 2.43. The lowest BCUT2D eigenvalue weighted by Crippen LogP contribution is -2.23. The van der Waals surface area contributed by atoms with E-state index in [2.05, 4.69) is 52.3 Å². The van der Waals surface area contributed by atoms with Gasteiger partial charge in [-0.1, -0.05) is 40.2 Å². The Bertz CT molecular complexity index is 522. The minimum atomic E-state index is 0.193. The monoisotopic (exact) mass is 333 g/mol. The van der Waals surface area contributed by atoms with E-state index in [-0.39, 0.29) is 6.04 Å². The van der Waals surface area contributed by atoms with Crippen LogP contribution in [0.5, 0.6) is 5.75 Å². The Labute approximate surface area is 129 Å². The predicted octanol–water partition coefficient (Wildman–Crippen LogP) is 3.96. The van der Waals surface area contributed by atoms with Crippen molar-refractivity contribution in [1.29, 1.82) is 0 Å². The molecule has 0 aliphatic rings. The lowest BCUT2D eigenvalue weighted by atomic mass is 10.00. The van der Waals surface area contributed by atoms with Gasteiger partial charge in [0, 0.05) is 10.5 Å². The second-order valence-corrected chi connectivity index (χ2v) is 5.89. The molecule has 2 aromatic carbocycles. The van der Waals surface area contributed by atoms with Crippen LogP contribution < -0.4 is 10.5 Å². The van der Waals surface area contributed by atoms with Crippen LogP contribution in [0.3, 0.4) is 0 Å². The molecule has 2 aromatic rings. The van der Waals surface area contributed by atoms with Crippen molar-refractivity contribution in [2.24, 2.45) is 5.73 Å². The topological polar surface area (TPSA) is 35.2 Å². The van der Waals surface area contributed by atoms with Gasteiger partial charge in [0.25, 0.3) is 0 Å². The summed E-state index contributed by atoms with van der Waals surface area (Å²) in [6.45, 7) is 0. The minimum absolute atomic E-state index is 0.193. The van der Waals surface area contributed by atoms with Crippen LogP contribution in [0.4, 0.5) is 0 Å². The van der Waals surface area contributed by atoms with E-state index < -0.39 is 0 Å². The molecule has 0 saturated carbocycles. The predicted molar refractivity (Wildman–Crippen MR) is 87.1 cm³/mol. The van der Waals surface area contributed by atoms with Crippen LogP contribution >= 0.6 is 15.9 Å². The molecule has 0 amide bonds. The van der Waals surface area contributed by atoms with Crippen molar-refractivity contribution in [2.45, 2.75) is 25.3 Å². The van der Waals surface area contributed by atoms with E-state index in [9.17, 15) is 0 Å². The summed E-state index contributed by atoms with van der Waals surface area (Å²) in [4.78, 5) is 0. The Kier molecular flexibility index (Phi) is 5.62. The van der Waals surface area contributed by atoms with Gasteiger partial charge in [0.1, 0.15) is 5.75 Å². The SMILES string of the molecule is COc1ccc(CCC(N)Cc2ccc(Br)cc2)cc1. The van der Waals surface area contributed by atoms with Gasteiger partial charge in [-0.15, -0.1) is 0 Å². The molecule has 0 saturated heterocycles. The molecule has 2 nitrogen and oxygen atoms in total. The lowest BCUT2D eigenvalue weighted by Gasteiger charge is -2.12. The summed E-state index contributed by atoms with van der Waals surface area (Å²) in [5.74, 6) is 0.896. The van der Waals surface area contributed by atoms with Gasteiger partial charge in [0.05, 0.1) is 7.11 Å². The van der Waals surface area contributed by atoms with E-state index >= 15 is 0 Å². The number of ether oxygens (including phenoxy) is 1. The van der Waals surface area contributed by atoms with Gasteiger partial charge >= 0.3 is 0 Å². The van der Waals surface area contributed by atoms with Crippen LogP contribution in [0.1, 0.15) is 17.5 Å². The molecule has 2 rings (SSSR count). The molecule has 3 heteroatoms. The van der Waals surface area contributed by atoms with Gasteiger partial charge < -0.3 is 10.5 Å². The number of aryl methyl sites for hydroxylation is 1. The molecule has 0 aliphatic carbocycles. The maximum absolute atomic E-state index is 6.21. The Balaban J connectivity index is 1.82. The first-order chi connectivity index (χ1) is 9.67. The molecular weight excluding hydrogens is 314 g/mol. The Morgan fingerprint density at radius 1 is 1.00 bits per heavy atom. The van der Waals surface area contributed by atoms with E-state index in [4.69, 9.17) is 10.5 Å². The molecule has 106 valence electrons. The third-order valence-electron chi connectivity index (χ3n) is 3.37. The molecular formula is C17H20BrNO. The molecule has 0 radical (unpaired) electrons. The normalized spacial score (nSPS) is 12.2. The van der Waals surface area contributed by atoms with Crippen molar-refractivity contribution < 1.29 is 4.74 Å². The summed E-state index contributed by atoms with van der Waals surface area (Å²) in [5, 5.41) is 0. The van der Waals surface area contributed by atoms with Gasteiger partial charge in [-0.05, 0) is 54.7 Å². The van der Waals surface area contributed by atoms with Crippen molar-refractivity contribution >= 4 is 15.9 Å². The zero-order valence-corrected chi connectivity index (χ0v) is 13.3. The van der Waals surface area contributed by atoms with Crippen LogP contribution in [-0.4, -0.2) is 13.2 Å². The molecule has 1 unspecified atom stereocenters. The highest BCUT2D eigenvalue weighted by Crippen LogP contribution is 2.15. The van der Waals surface area contributed by atoms with Gasteiger partial charge in [-0.3, -0.25) is 0 Å². The number of halogens is 1. The standard InChI is InChI=1S/C17H20BrNO/c1-20-17-10-5-13(6-11-17)4-9-16(19)12-14-2-7-15(18)8-3-14/h2-3,5-8,10-11,16H,4,9,12,19H2,1H3. The smallest absolute Gasteiger partial charge is 0.118 e. The number of methoxy groups -OCH3 is 1. The summed E-state index contributed by atoms with van der Waals surface area (Å²) < 4.78 is 6.26. The minimum Gasteiger partial charge on any atom is -0.497 e. The molecule has 20 heavy (non-hydrogen) atoms. The second-order valence-electron chi connectivity index (χ2n) is 4.98. The van der Waals surface area contributed by atoms with Gasteiger partial charge in [-0.25, -0.2) is 0 Å². The highest BCUT2D eigenvalue weighted by Gasteiger charge is 2.05. The molecule has 0 aromatic heterocycles. The van der Waals surface area contributed by atoms with E-state index in [0.29, 0.717) is 0 Å². The maximum Gasteiger partial charge on any atom is 0.118 e. The first kappa shape index (κ1) is 15.1. The average molecular weight is 334 g/mol. The summed E-state index contributed by atoms with van der Waals surface area (Å²) in [7, 11) is 1.68. The Morgan fingerprint density at radius 3 is 2.20 bits per heavy atom. The average Bonchev–Trinajstić information content (AvgIpc) is 2.48. The van der Waals surface area contributed by atoms with Crippen LogP contribution in [0.15, 0.2) is 53.0 Å². The summed E-state index contributed by atoms with van der Waals surface area (Å²) in [6.07, 6.45) is 2.91. The van der Waals surface area contributed by atoms with Crippen molar-refractivity contribution in [3.8, 4) is 5.75 Å². The molecule has 0 bridgehead atoms. The lowest BCUT2D eigenvalue weighted by molar-refractivity contribution is 0.414. The third kappa shape index (κ3) is 4.66. The van der Waals surface area contributed by atoms with Crippen LogP contribution in [0.2, 0.25) is 0 Å². The molecule has 1 atom stereocenters. The molecule has 0 aliphatic heterocycles. The fourth-order valence-electron chi connectivity index (χ4n) is 2.17. The van der Waals surface area contributed by atoms with E-state index in [0.717, 1.165) is 29.5 Å².